The van der Waals surface area contributed by atoms with Crippen molar-refractivity contribution in [2.45, 2.75) is 6.04 Å². The van der Waals surface area contributed by atoms with Crippen molar-refractivity contribution < 1.29 is 19.8 Å². The van der Waals surface area contributed by atoms with Gasteiger partial charge < -0.3 is 15.5 Å². The highest BCUT2D eigenvalue weighted by atomic mass is 16.4. The number of hydrogen-bond acceptors (Lipinski definition) is 4. The van der Waals surface area contributed by atoms with Crippen LogP contribution < -0.4 is 5.32 Å². The molecule has 6 nitrogen and oxygen atoms in total. The number of carboxylic acid groups (broad SMARTS) is 2. The summed E-state index contributed by atoms with van der Waals surface area (Å²) >= 11 is 0. The summed E-state index contributed by atoms with van der Waals surface area (Å²) in [5.41, 5.74) is 5.55. The molecule has 1 saturated heterocycles. The van der Waals surface area contributed by atoms with E-state index in [1.165, 1.54) is 22.3 Å². The van der Waals surface area contributed by atoms with Crippen LogP contribution in [0, 0.1) is 0 Å². The third-order valence-corrected chi connectivity index (χ3v) is 4.91. The van der Waals surface area contributed by atoms with Crippen LogP contribution in [0.15, 0.2) is 60.7 Å². The molecule has 6 heteroatoms. The maximum Gasteiger partial charge on any atom is 0.328 e. The third kappa shape index (κ3) is 5.40. The summed E-state index contributed by atoms with van der Waals surface area (Å²) in [6.07, 6.45) is 5.64. The predicted octanol–water partition coefficient (Wildman–Crippen LogP) is 2.88. The molecule has 4 rings (SSSR count). The van der Waals surface area contributed by atoms with Gasteiger partial charge in [0.2, 0.25) is 0 Å². The van der Waals surface area contributed by atoms with Gasteiger partial charge in [0.25, 0.3) is 0 Å². The lowest BCUT2D eigenvalue weighted by Gasteiger charge is -2.36. The van der Waals surface area contributed by atoms with Gasteiger partial charge in [0, 0.05) is 38.3 Å². The maximum atomic E-state index is 9.55. The zero-order valence-corrected chi connectivity index (χ0v) is 16.0. The molecule has 29 heavy (non-hydrogen) atoms. The molecule has 2 aromatic rings. The van der Waals surface area contributed by atoms with Gasteiger partial charge in [-0.2, -0.15) is 0 Å². The number of piperazine rings is 1. The van der Waals surface area contributed by atoms with Gasteiger partial charge in [0.05, 0.1) is 6.04 Å². The molecule has 1 aliphatic carbocycles. The first-order chi connectivity index (χ1) is 14.1. The van der Waals surface area contributed by atoms with Crippen molar-refractivity contribution >= 4 is 24.1 Å². The van der Waals surface area contributed by atoms with Crippen LogP contribution in [0.25, 0.3) is 12.2 Å². The van der Waals surface area contributed by atoms with E-state index in [1.54, 1.807) is 0 Å². The SMILES string of the molecule is C1=Cc2ccccc2C(N2CCNCC2)c2ccccc21.O=C(O)/C=C\C(=O)O. The number of hydrogen-bond donors (Lipinski definition) is 3. The fourth-order valence-corrected chi connectivity index (χ4v) is 3.65. The Balaban J connectivity index is 0.000000258. The zero-order valence-electron chi connectivity index (χ0n) is 16.0. The van der Waals surface area contributed by atoms with Gasteiger partial charge in [-0.3, -0.25) is 4.90 Å². The smallest absolute Gasteiger partial charge is 0.328 e. The molecular weight excluding hydrogens is 368 g/mol. The van der Waals surface area contributed by atoms with E-state index in [4.69, 9.17) is 10.2 Å². The van der Waals surface area contributed by atoms with E-state index >= 15 is 0 Å². The monoisotopic (exact) mass is 392 g/mol. The van der Waals surface area contributed by atoms with Crippen molar-refractivity contribution in [3.8, 4) is 0 Å². The predicted molar refractivity (Wildman–Crippen MR) is 113 cm³/mol. The van der Waals surface area contributed by atoms with E-state index in [2.05, 4.69) is 70.9 Å². The average molecular weight is 392 g/mol. The van der Waals surface area contributed by atoms with Gasteiger partial charge in [0.15, 0.2) is 0 Å². The maximum absolute atomic E-state index is 9.55. The fraction of sp³-hybridized carbons (Fsp3) is 0.217. The minimum atomic E-state index is -1.26. The Morgan fingerprint density at radius 1 is 0.828 bits per heavy atom. The van der Waals surface area contributed by atoms with Crippen LogP contribution in [0.1, 0.15) is 28.3 Å². The second-order valence-electron chi connectivity index (χ2n) is 6.79. The number of rotatable bonds is 3. The third-order valence-electron chi connectivity index (χ3n) is 4.91. The number of fused-ring (bicyclic) bond motifs is 2. The van der Waals surface area contributed by atoms with Gasteiger partial charge >= 0.3 is 11.9 Å². The molecule has 1 aliphatic heterocycles. The molecule has 2 aliphatic rings. The summed E-state index contributed by atoms with van der Waals surface area (Å²) in [4.78, 5) is 21.7. The van der Waals surface area contributed by atoms with Crippen LogP contribution >= 0.6 is 0 Å². The first-order valence-corrected chi connectivity index (χ1v) is 9.51. The molecule has 1 fully saturated rings. The van der Waals surface area contributed by atoms with Crippen LogP contribution in [0.3, 0.4) is 0 Å². The molecule has 3 N–H and O–H groups in total. The molecule has 1 heterocycles. The van der Waals surface area contributed by atoms with Crippen LogP contribution in [-0.4, -0.2) is 53.2 Å². The van der Waals surface area contributed by atoms with Crippen molar-refractivity contribution in [1.29, 1.82) is 0 Å². The number of nitrogens with one attached hydrogen (secondary N) is 1. The van der Waals surface area contributed by atoms with Crippen molar-refractivity contribution in [3.05, 3.63) is 82.9 Å². The Morgan fingerprint density at radius 3 is 1.72 bits per heavy atom. The molecule has 0 amide bonds. The van der Waals surface area contributed by atoms with E-state index < -0.39 is 11.9 Å². The van der Waals surface area contributed by atoms with Crippen molar-refractivity contribution in [3.63, 3.8) is 0 Å². The second kappa shape index (κ2) is 9.82. The van der Waals surface area contributed by atoms with Crippen LogP contribution in [-0.2, 0) is 9.59 Å². The number of carboxylic acids is 2. The van der Waals surface area contributed by atoms with E-state index in [1.807, 2.05) is 0 Å². The number of aliphatic carboxylic acids is 2. The molecule has 0 spiro atoms. The van der Waals surface area contributed by atoms with Crippen molar-refractivity contribution in [1.82, 2.24) is 10.2 Å². The highest BCUT2D eigenvalue weighted by molar-refractivity contribution is 5.89. The van der Waals surface area contributed by atoms with Crippen molar-refractivity contribution in [2.24, 2.45) is 0 Å². The van der Waals surface area contributed by atoms with Crippen molar-refractivity contribution in [2.75, 3.05) is 26.2 Å². The van der Waals surface area contributed by atoms with E-state index in [9.17, 15) is 9.59 Å². The number of benzene rings is 2. The molecular formula is C23H24N2O4. The average Bonchev–Trinajstić information content (AvgIpc) is 2.90. The van der Waals surface area contributed by atoms with E-state index in [0.717, 1.165) is 26.2 Å². The Kier molecular flexibility index (Phi) is 6.94. The van der Waals surface area contributed by atoms with Gasteiger partial charge in [-0.25, -0.2) is 9.59 Å². The summed E-state index contributed by atoms with van der Waals surface area (Å²) in [5, 5.41) is 19.1. The Morgan fingerprint density at radius 2 is 1.28 bits per heavy atom. The summed E-state index contributed by atoms with van der Waals surface area (Å²) in [5.74, 6) is -2.51. The second-order valence-corrected chi connectivity index (χ2v) is 6.79. The van der Waals surface area contributed by atoms with Crippen LogP contribution in [0.5, 0.6) is 0 Å². The lowest BCUT2D eigenvalue weighted by molar-refractivity contribution is -0.134. The molecule has 0 aromatic heterocycles. The number of nitrogens with zero attached hydrogens (tertiary/aromatic N) is 1. The summed E-state index contributed by atoms with van der Waals surface area (Å²) in [7, 11) is 0. The Labute approximate surface area is 169 Å². The topological polar surface area (TPSA) is 89.9 Å². The molecule has 2 aromatic carbocycles. The Bertz CT molecular complexity index is 864. The minimum Gasteiger partial charge on any atom is -0.478 e. The lowest BCUT2D eigenvalue weighted by Crippen LogP contribution is -2.45. The van der Waals surface area contributed by atoms with Gasteiger partial charge in [-0.15, -0.1) is 0 Å². The number of carbonyl (C=O) groups is 2. The molecule has 0 bridgehead atoms. The van der Waals surface area contributed by atoms with Gasteiger partial charge in [-0.1, -0.05) is 60.7 Å². The minimum absolute atomic E-state index is 0.370. The largest absolute Gasteiger partial charge is 0.478 e. The summed E-state index contributed by atoms with van der Waals surface area (Å²) < 4.78 is 0. The first-order valence-electron chi connectivity index (χ1n) is 9.51. The van der Waals surface area contributed by atoms with Gasteiger partial charge in [0.1, 0.15) is 0 Å². The Hall–Kier alpha value is -3.22. The standard InChI is InChI=1S/C19H20N2.C4H4O4/c1-3-7-17-15(5-1)9-10-16-6-2-4-8-18(16)19(17)21-13-11-20-12-14-21;5-3(6)1-2-4(7)8/h1-10,19-20H,11-14H2;1-2H,(H,5,6)(H,7,8)/b;2-1-. The normalized spacial score (nSPS) is 16.3. The summed E-state index contributed by atoms with van der Waals surface area (Å²) in [6, 6.07) is 18.0. The molecule has 0 saturated carbocycles. The van der Waals surface area contributed by atoms with Gasteiger partial charge in [-0.05, 0) is 22.3 Å². The van der Waals surface area contributed by atoms with E-state index in [0.29, 0.717) is 18.2 Å². The quantitative estimate of drug-likeness (QED) is 0.696. The first kappa shape index (κ1) is 20.5. The molecule has 0 atom stereocenters. The lowest BCUT2D eigenvalue weighted by atomic mass is 9.92. The van der Waals surface area contributed by atoms with Crippen LogP contribution in [0.2, 0.25) is 0 Å². The summed E-state index contributed by atoms with van der Waals surface area (Å²) in [6.45, 7) is 4.36. The molecule has 0 unspecified atom stereocenters. The van der Waals surface area contributed by atoms with E-state index in [-0.39, 0.29) is 0 Å². The highest BCUT2D eigenvalue weighted by Gasteiger charge is 2.27. The zero-order chi connectivity index (χ0) is 20.6. The molecule has 0 radical (unpaired) electrons. The highest BCUT2D eigenvalue weighted by Crippen LogP contribution is 2.36. The molecule has 150 valence electrons. The fourth-order valence-electron chi connectivity index (χ4n) is 3.65. The van der Waals surface area contributed by atoms with Crippen LogP contribution in [0.4, 0.5) is 0 Å².